The molecule has 0 heterocycles. The summed E-state index contributed by atoms with van der Waals surface area (Å²) in [5.41, 5.74) is -0.669. The molecule has 5 nitrogen and oxygen atoms in total. The lowest BCUT2D eigenvalue weighted by molar-refractivity contribution is -0.156. The van der Waals surface area contributed by atoms with Gasteiger partial charge in [0.15, 0.2) is 0 Å². The Morgan fingerprint density at radius 1 is 1.41 bits per heavy atom. The van der Waals surface area contributed by atoms with E-state index >= 15 is 0 Å². The van der Waals surface area contributed by atoms with Crippen molar-refractivity contribution in [2.75, 3.05) is 19.7 Å². The van der Waals surface area contributed by atoms with Crippen molar-refractivity contribution in [2.24, 2.45) is 11.3 Å². The Labute approximate surface area is 102 Å². The third-order valence-electron chi connectivity index (χ3n) is 2.39. The number of hydrogen-bond acceptors (Lipinski definition) is 3. The summed E-state index contributed by atoms with van der Waals surface area (Å²) < 4.78 is 0. The summed E-state index contributed by atoms with van der Waals surface area (Å²) in [5, 5.41) is 18.0. The zero-order chi connectivity index (χ0) is 13.6. The molecule has 0 radical (unpaired) electrons. The zero-order valence-electron chi connectivity index (χ0n) is 10.6. The van der Waals surface area contributed by atoms with Gasteiger partial charge in [0, 0.05) is 13.1 Å². The zero-order valence-corrected chi connectivity index (χ0v) is 10.6. The van der Waals surface area contributed by atoms with Crippen LogP contribution in [0.2, 0.25) is 0 Å². The average molecular weight is 243 g/mol. The second-order valence-electron chi connectivity index (χ2n) is 4.93. The van der Waals surface area contributed by atoms with E-state index in [2.05, 4.69) is 6.58 Å². The van der Waals surface area contributed by atoms with Gasteiger partial charge in [-0.3, -0.25) is 9.59 Å². The lowest BCUT2D eigenvalue weighted by Crippen LogP contribution is -2.46. The number of amides is 1. The molecule has 0 bridgehead atoms. The van der Waals surface area contributed by atoms with Crippen molar-refractivity contribution in [3.05, 3.63) is 12.7 Å². The van der Waals surface area contributed by atoms with Gasteiger partial charge in [-0.2, -0.15) is 0 Å². The third-order valence-corrected chi connectivity index (χ3v) is 2.39. The highest BCUT2D eigenvalue weighted by Crippen LogP contribution is 2.28. The van der Waals surface area contributed by atoms with Gasteiger partial charge in [0.05, 0.1) is 6.61 Å². The van der Waals surface area contributed by atoms with Gasteiger partial charge in [-0.15, -0.1) is 6.58 Å². The van der Waals surface area contributed by atoms with E-state index in [9.17, 15) is 9.59 Å². The summed E-state index contributed by atoms with van der Waals surface area (Å²) in [4.78, 5) is 24.6. The Morgan fingerprint density at radius 3 is 2.24 bits per heavy atom. The highest BCUT2D eigenvalue weighted by Gasteiger charge is 2.39. The van der Waals surface area contributed by atoms with Crippen LogP contribution in [0, 0.1) is 11.3 Å². The maximum absolute atomic E-state index is 12.1. The smallest absolute Gasteiger partial charge is 0.316 e. The third kappa shape index (κ3) is 4.56. The molecule has 0 rings (SSSR count). The maximum Gasteiger partial charge on any atom is 0.316 e. The van der Waals surface area contributed by atoms with Gasteiger partial charge in [-0.25, -0.2) is 0 Å². The van der Waals surface area contributed by atoms with E-state index in [4.69, 9.17) is 10.2 Å². The summed E-state index contributed by atoms with van der Waals surface area (Å²) in [7, 11) is 0. The first-order valence-electron chi connectivity index (χ1n) is 5.49. The standard InChI is InChI=1S/C12H21NO4/c1-5-6-13(7-8-14)10(15)9(11(16)17)12(2,3)4/h5,9,14H,1,6-8H2,2-4H3,(H,16,17). The van der Waals surface area contributed by atoms with Gasteiger partial charge >= 0.3 is 5.97 Å². The SMILES string of the molecule is C=CCN(CCO)C(=O)C(C(=O)O)C(C)(C)C. The van der Waals surface area contributed by atoms with Crippen molar-refractivity contribution in [1.82, 2.24) is 4.90 Å². The Bertz CT molecular complexity index is 293. The molecule has 0 aromatic carbocycles. The minimum absolute atomic E-state index is 0.116. The van der Waals surface area contributed by atoms with E-state index in [0.717, 1.165) is 0 Å². The number of aliphatic carboxylic acids is 1. The lowest BCUT2D eigenvalue weighted by atomic mass is 9.80. The summed E-state index contributed by atoms with van der Waals surface area (Å²) >= 11 is 0. The monoisotopic (exact) mass is 243 g/mol. The van der Waals surface area contributed by atoms with Gasteiger partial charge < -0.3 is 15.1 Å². The minimum atomic E-state index is -1.14. The van der Waals surface area contributed by atoms with Crippen LogP contribution < -0.4 is 0 Å². The van der Waals surface area contributed by atoms with Crippen LogP contribution in [0.1, 0.15) is 20.8 Å². The Balaban J connectivity index is 5.04. The second kappa shape index (κ2) is 6.39. The molecule has 17 heavy (non-hydrogen) atoms. The van der Waals surface area contributed by atoms with E-state index in [1.165, 1.54) is 11.0 Å². The number of carboxylic acid groups (broad SMARTS) is 1. The quantitative estimate of drug-likeness (QED) is 0.533. The minimum Gasteiger partial charge on any atom is -0.481 e. The van der Waals surface area contributed by atoms with Crippen LogP contribution >= 0.6 is 0 Å². The summed E-state index contributed by atoms with van der Waals surface area (Å²) in [6.45, 7) is 8.77. The number of aliphatic hydroxyl groups is 1. The van der Waals surface area contributed by atoms with Gasteiger partial charge in [-0.05, 0) is 5.41 Å². The molecule has 5 heteroatoms. The first-order chi connectivity index (χ1) is 7.75. The molecular weight excluding hydrogens is 222 g/mol. The molecule has 2 N–H and O–H groups in total. The van der Waals surface area contributed by atoms with Crippen molar-refractivity contribution in [3.8, 4) is 0 Å². The number of carbonyl (C=O) groups is 2. The molecule has 0 fully saturated rings. The molecule has 98 valence electrons. The number of aliphatic hydroxyl groups excluding tert-OH is 1. The number of hydrogen-bond donors (Lipinski definition) is 2. The second-order valence-corrected chi connectivity index (χ2v) is 4.93. The lowest BCUT2D eigenvalue weighted by Gasteiger charge is -2.31. The fraction of sp³-hybridized carbons (Fsp3) is 0.667. The number of nitrogens with zero attached hydrogens (tertiary/aromatic N) is 1. The molecule has 0 aromatic rings. The molecular formula is C12H21NO4. The Morgan fingerprint density at radius 2 is 1.94 bits per heavy atom. The van der Waals surface area contributed by atoms with Crippen LogP contribution in [-0.2, 0) is 9.59 Å². The van der Waals surface area contributed by atoms with Crippen molar-refractivity contribution in [1.29, 1.82) is 0 Å². The van der Waals surface area contributed by atoms with Crippen LogP contribution in [0.3, 0.4) is 0 Å². The fourth-order valence-corrected chi connectivity index (χ4v) is 1.60. The van der Waals surface area contributed by atoms with Crippen molar-refractivity contribution >= 4 is 11.9 Å². The van der Waals surface area contributed by atoms with Gasteiger partial charge in [0.2, 0.25) is 5.91 Å². The van der Waals surface area contributed by atoms with E-state index in [1.807, 2.05) is 0 Å². The normalized spacial score (nSPS) is 12.9. The molecule has 0 aliphatic heterocycles. The van der Waals surface area contributed by atoms with E-state index in [0.29, 0.717) is 0 Å². The van der Waals surface area contributed by atoms with Crippen molar-refractivity contribution in [3.63, 3.8) is 0 Å². The van der Waals surface area contributed by atoms with E-state index in [-0.39, 0.29) is 19.7 Å². The molecule has 1 unspecified atom stereocenters. The predicted molar refractivity (Wildman–Crippen MR) is 64.4 cm³/mol. The summed E-state index contributed by atoms with van der Waals surface area (Å²) in [5.74, 6) is -2.75. The molecule has 0 spiro atoms. The van der Waals surface area contributed by atoms with E-state index in [1.54, 1.807) is 20.8 Å². The van der Waals surface area contributed by atoms with E-state index < -0.39 is 23.2 Å². The summed E-state index contributed by atoms with van der Waals surface area (Å²) in [6.07, 6.45) is 1.51. The molecule has 0 aliphatic carbocycles. The predicted octanol–water partition coefficient (Wildman–Crippen LogP) is 0.740. The van der Waals surface area contributed by atoms with Crippen molar-refractivity contribution in [2.45, 2.75) is 20.8 Å². The molecule has 1 atom stereocenters. The van der Waals surface area contributed by atoms with Crippen LogP contribution in [-0.4, -0.2) is 46.7 Å². The van der Waals surface area contributed by atoms with Crippen LogP contribution in [0.15, 0.2) is 12.7 Å². The molecule has 0 saturated heterocycles. The molecule has 1 amide bonds. The topological polar surface area (TPSA) is 77.8 Å². The Kier molecular flexibility index (Phi) is 5.88. The highest BCUT2D eigenvalue weighted by molar-refractivity contribution is 5.97. The fourth-order valence-electron chi connectivity index (χ4n) is 1.60. The number of carboxylic acids is 1. The number of rotatable bonds is 6. The van der Waals surface area contributed by atoms with Crippen LogP contribution in [0.4, 0.5) is 0 Å². The van der Waals surface area contributed by atoms with Crippen LogP contribution in [0.25, 0.3) is 0 Å². The molecule has 0 aromatic heterocycles. The van der Waals surface area contributed by atoms with Crippen molar-refractivity contribution < 1.29 is 19.8 Å². The highest BCUT2D eigenvalue weighted by atomic mass is 16.4. The van der Waals surface area contributed by atoms with Gasteiger partial charge in [0.1, 0.15) is 5.92 Å². The Hall–Kier alpha value is -1.36. The van der Waals surface area contributed by atoms with Gasteiger partial charge in [0.25, 0.3) is 0 Å². The average Bonchev–Trinajstić information content (AvgIpc) is 2.14. The molecule has 0 saturated carbocycles. The molecule has 0 aliphatic rings. The maximum atomic E-state index is 12.1. The summed E-state index contributed by atoms with van der Waals surface area (Å²) in [6, 6.07) is 0. The first-order valence-corrected chi connectivity index (χ1v) is 5.49. The van der Waals surface area contributed by atoms with Crippen LogP contribution in [0.5, 0.6) is 0 Å². The largest absolute Gasteiger partial charge is 0.481 e. The van der Waals surface area contributed by atoms with Gasteiger partial charge in [-0.1, -0.05) is 26.8 Å². The number of carbonyl (C=O) groups excluding carboxylic acids is 1. The first kappa shape index (κ1) is 15.6.